The second-order valence-electron chi connectivity index (χ2n) is 6.05. The largest absolute Gasteiger partial charge is 0.467 e. The van der Waals surface area contributed by atoms with Crippen LogP contribution < -0.4 is 10.6 Å². The lowest BCUT2D eigenvalue weighted by molar-refractivity contribution is 0.105. The van der Waals surface area contributed by atoms with Crippen molar-refractivity contribution in [1.82, 2.24) is 15.5 Å². The fraction of sp³-hybridized carbons (Fsp3) is 0.389. The number of aliphatic hydroxyl groups is 1. The number of carbonyl (C=O) groups is 1. The summed E-state index contributed by atoms with van der Waals surface area (Å²) in [6.07, 6.45) is 1.97. The van der Waals surface area contributed by atoms with Crippen molar-refractivity contribution >= 4 is 6.03 Å². The van der Waals surface area contributed by atoms with Gasteiger partial charge in [-0.05, 0) is 29.7 Å². The number of rotatable bonds is 6. The van der Waals surface area contributed by atoms with Gasteiger partial charge in [-0.15, -0.1) is 0 Å². The van der Waals surface area contributed by atoms with E-state index in [1.807, 2.05) is 6.07 Å². The highest BCUT2D eigenvalue weighted by atomic mass is 16.3. The number of fused-ring (bicyclic) bond motifs is 1. The molecule has 0 spiro atoms. The predicted octanol–water partition coefficient (Wildman–Crippen LogP) is 1.50. The molecule has 2 heterocycles. The number of β-amino-alcohol motifs (C(OH)–C–C–N with tert-alkyl or cyclic N) is 1. The van der Waals surface area contributed by atoms with Crippen LogP contribution >= 0.6 is 0 Å². The predicted molar refractivity (Wildman–Crippen MR) is 90.4 cm³/mol. The van der Waals surface area contributed by atoms with E-state index in [1.165, 1.54) is 11.1 Å². The van der Waals surface area contributed by atoms with Gasteiger partial charge in [-0.3, -0.25) is 4.90 Å². The molecular weight excluding hydrogens is 306 g/mol. The van der Waals surface area contributed by atoms with Gasteiger partial charge in [-0.1, -0.05) is 24.3 Å². The van der Waals surface area contributed by atoms with Crippen LogP contribution in [-0.4, -0.2) is 41.8 Å². The van der Waals surface area contributed by atoms with Crippen LogP contribution in [0.4, 0.5) is 4.79 Å². The molecule has 1 aliphatic rings. The van der Waals surface area contributed by atoms with E-state index in [0.717, 1.165) is 19.5 Å². The summed E-state index contributed by atoms with van der Waals surface area (Å²) in [6, 6.07) is 11.7. The molecule has 24 heavy (non-hydrogen) atoms. The summed E-state index contributed by atoms with van der Waals surface area (Å²) in [7, 11) is 0. The van der Waals surface area contributed by atoms with Gasteiger partial charge in [-0.25, -0.2) is 4.79 Å². The second kappa shape index (κ2) is 7.99. The molecule has 0 unspecified atom stereocenters. The van der Waals surface area contributed by atoms with Gasteiger partial charge in [0, 0.05) is 26.2 Å². The molecule has 3 N–H and O–H groups in total. The Morgan fingerprint density at radius 1 is 1.21 bits per heavy atom. The Balaban J connectivity index is 1.37. The van der Waals surface area contributed by atoms with E-state index in [4.69, 9.17) is 4.42 Å². The van der Waals surface area contributed by atoms with Crippen LogP contribution in [-0.2, 0) is 19.5 Å². The summed E-state index contributed by atoms with van der Waals surface area (Å²) in [5, 5.41) is 15.5. The quantitative estimate of drug-likeness (QED) is 0.750. The molecule has 0 saturated carbocycles. The molecule has 6 heteroatoms. The third-order valence-electron chi connectivity index (χ3n) is 4.18. The zero-order valence-corrected chi connectivity index (χ0v) is 13.6. The summed E-state index contributed by atoms with van der Waals surface area (Å²) >= 11 is 0. The highest BCUT2D eigenvalue weighted by Gasteiger charge is 2.18. The number of furan rings is 1. The molecule has 0 fully saturated rings. The standard InChI is InChI=1S/C18H23N3O3/c22-16(10-19-18(23)20-11-17-6-3-9-24-17)13-21-8-7-14-4-1-2-5-15(14)12-21/h1-6,9,16,22H,7-8,10-13H2,(H2,19,20,23)/t16-/m1/s1. The van der Waals surface area contributed by atoms with Gasteiger partial charge in [0.2, 0.25) is 0 Å². The van der Waals surface area contributed by atoms with Crippen LogP contribution in [0.3, 0.4) is 0 Å². The average molecular weight is 329 g/mol. The SMILES string of the molecule is O=C(NCc1ccco1)NC[C@@H](O)CN1CCc2ccccc2C1. The molecule has 1 aromatic carbocycles. The zero-order valence-electron chi connectivity index (χ0n) is 13.6. The van der Waals surface area contributed by atoms with Crippen molar-refractivity contribution in [2.45, 2.75) is 25.6 Å². The van der Waals surface area contributed by atoms with E-state index >= 15 is 0 Å². The average Bonchev–Trinajstić information content (AvgIpc) is 3.11. The normalized spacial score (nSPS) is 15.5. The fourth-order valence-corrected chi connectivity index (χ4v) is 2.93. The van der Waals surface area contributed by atoms with E-state index in [1.54, 1.807) is 18.4 Å². The smallest absolute Gasteiger partial charge is 0.315 e. The summed E-state index contributed by atoms with van der Waals surface area (Å²) in [5.41, 5.74) is 2.71. The van der Waals surface area contributed by atoms with Crippen LogP contribution in [0.15, 0.2) is 47.1 Å². The molecule has 6 nitrogen and oxygen atoms in total. The van der Waals surface area contributed by atoms with Gasteiger partial charge in [0.15, 0.2) is 0 Å². The van der Waals surface area contributed by atoms with Crippen molar-refractivity contribution in [3.8, 4) is 0 Å². The van der Waals surface area contributed by atoms with E-state index in [2.05, 4.69) is 33.7 Å². The molecule has 1 aliphatic heterocycles. The first-order chi connectivity index (χ1) is 11.7. The van der Waals surface area contributed by atoms with E-state index in [-0.39, 0.29) is 12.6 Å². The molecule has 0 saturated heterocycles. The number of benzene rings is 1. The third-order valence-corrected chi connectivity index (χ3v) is 4.18. The number of aliphatic hydroxyl groups excluding tert-OH is 1. The monoisotopic (exact) mass is 329 g/mol. The minimum atomic E-state index is -0.593. The lowest BCUT2D eigenvalue weighted by Crippen LogP contribution is -2.44. The third kappa shape index (κ3) is 4.59. The maximum Gasteiger partial charge on any atom is 0.315 e. The van der Waals surface area contributed by atoms with Gasteiger partial charge in [-0.2, -0.15) is 0 Å². The molecule has 2 aromatic rings. The van der Waals surface area contributed by atoms with E-state index in [0.29, 0.717) is 18.8 Å². The molecular formula is C18H23N3O3. The molecule has 1 atom stereocenters. The zero-order chi connectivity index (χ0) is 16.8. The Bertz CT molecular complexity index is 657. The van der Waals surface area contributed by atoms with Crippen molar-refractivity contribution in [3.63, 3.8) is 0 Å². The lowest BCUT2D eigenvalue weighted by atomic mass is 10.00. The lowest BCUT2D eigenvalue weighted by Gasteiger charge is -2.30. The fourth-order valence-electron chi connectivity index (χ4n) is 2.93. The molecule has 1 aromatic heterocycles. The van der Waals surface area contributed by atoms with Crippen LogP contribution in [0.1, 0.15) is 16.9 Å². The first-order valence-corrected chi connectivity index (χ1v) is 8.22. The topological polar surface area (TPSA) is 77.7 Å². The molecule has 2 amide bonds. The maximum absolute atomic E-state index is 11.7. The first kappa shape index (κ1) is 16.5. The summed E-state index contributed by atoms with van der Waals surface area (Å²) in [5.74, 6) is 0.692. The van der Waals surface area contributed by atoms with Crippen LogP contribution in [0.2, 0.25) is 0 Å². The van der Waals surface area contributed by atoms with Gasteiger partial charge >= 0.3 is 6.03 Å². The minimum Gasteiger partial charge on any atom is -0.467 e. The number of carbonyl (C=O) groups excluding carboxylic acids is 1. The van der Waals surface area contributed by atoms with Crippen LogP contribution in [0.25, 0.3) is 0 Å². The molecule has 128 valence electrons. The van der Waals surface area contributed by atoms with E-state index < -0.39 is 6.10 Å². The van der Waals surface area contributed by atoms with Gasteiger partial charge in [0.25, 0.3) is 0 Å². The molecule has 3 rings (SSSR count). The van der Waals surface area contributed by atoms with Gasteiger partial charge in [0.1, 0.15) is 5.76 Å². The Hall–Kier alpha value is -2.31. The molecule has 0 aliphatic carbocycles. The summed E-state index contributed by atoms with van der Waals surface area (Å²) in [4.78, 5) is 13.9. The minimum absolute atomic E-state index is 0.224. The van der Waals surface area contributed by atoms with Crippen LogP contribution in [0.5, 0.6) is 0 Å². The second-order valence-corrected chi connectivity index (χ2v) is 6.05. The van der Waals surface area contributed by atoms with Crippen molar-refractivity contribution < 1.29 is 14.3 Å². The van der Waals surface area contributed by atoms with Crippen molar-refractivity contribution in [2.75, 3.05) is 19.6 Å². The summed E-state index contributed by atoms with van der Waals surface area (Å²) < 4.78 is 5.14. The summed E-state index contributed by atoms with van der Waals surface area (Å²) in [6.45, 7) is 2.88. The maximum atomic E-state index is 11.7. The Morgan fingerprint density at radius 2 is 2.04 bits per heavy atom. The number of nitrogens with one attached hydrogen (secondary N) is 2. The highest BCUT2D eigenvalue weighted by molar-refractivity contribution is 5.73. The van der Waals surface area contributed by atoms with Gasteiger partial charge in [0.05, 0.1) is 18.9 Å². The number of urea groups is 1. The first-order valence-electron chi connectivity index (χ1n) is 8.22. The van der Waals surface area contributed by atoms with Crippen molar-refractivity contribution in [1.29, 1.82) is 0 Å². The van der Waals surface area contributed by atoms with Crippen molar-refractivity contribution in [2.24, 2.45) is 0 Å². The van der Waals surface area contributed by atoms with Gasteiger partial charge < -0.3 is 20.2 Å². The number of amides is 2. The van der Waals surface area contributed by atoms with E-state index in [9.17, 15) is 9.90 Å². The number of nitrogens with zero attached hydrogens (tertiary/aromatic N) is 1. The van der Waals surface area contributed by atoms with Crippen molar-refractivity contribution in [3.05, 3.63) is 59.5 Å². The highest BCUT2D eigenvalue weighted by Crippen LogP contribution is 2.18. The Labute approximate surface area is 141 Å². The Morgan fingerprint density at radius 3 is 2.83 bits per heavy atom. The number of hydrogen-bond acceptors (Lipinski definition) is 4. The molecule has 0 radical (unpaired) electrons. The van der Waals surface area contributed by atoms with Crippen LogP contribution in [0, 0.1) is 0 Å². The Kier molecular flexibility index (Phi) is 5.51. The number of hydrogen-bond donors (Lipinski definition) is 3. The molecule has 0 bridgehead atoms.